The number of fused-ring (bicyclic) bond motifs is 1. The number of halogens is 1. The van der Waals surface area contributed by atoms with Crippen LogP contribution in [-0.2, 0) is 20.9 Å². The van der Waals surface area contributed by atoms with Crippen LogP contribution >= 0.6 is 23.4 Å². The van der Waals surface area contributed by atoms with E-state index in [-0.39, 0.29) is 35.5 Å². The Morgan fingerprint density at radius 1 is 1.05 bits per heavy atom. The molecule has 5 rings (SSSR count). The summed E-state index contributed by atoms with van der Waals surface area (Å²) in [6.45, 7) is 3.11. The number of carbonyl (C=O) groups is 3. The number of rotatable bonds is 11. The van der Waals surface area contributed by atoms with Crippen LogP contribution in [0.2, 0.25) is 5.02 Å². The first-order valence-electron chi connectivity index (χ1n) is 13.8. The topological polar surface area (TPSA) is 98.7 Å². The largest absolute Gasteiger partial charge is 0.396 e. The van der Waals surface area contributed by atoms with Gasteiger partial charge in [-0.25, -0.2) is 0 Å². The molecule has 6 atom stereocenters. The van der Waals surface area contributed by atoms with E-state index in [2.05, 4.69) is 17.6 Å². The number of para-hydroxylation sites is 1. The molecule has 0 aromatic heterocycles. The van der Waals surface area contributed by atoms with Crippen LogP contribution in [0.15, 0.2) is 54.6 Å². The molecule has 3 amide bonds. The van der Waals surface area contributed by atoms with Crippen molar-refractivity contribution in [3.8, 4) is 0 Å². The first-order valence-corrected chi connectivity index (χ1v) is 15.1. The molecule has 9 heteroatoms. The molecule has 2 aromatic carbocycles. The standard InChI is InChI=1S/C30H36ClN3O4S/c1-19-17-23-24(27(36)32-18-20-11-5-4-6-12-20)25-29(38)34(15-9-2-3-10-16-35)26(30(19,25)39-23)28(37)33-22-14-8-7-13-21(22)31/h4-8,11-14,19,23-26,35H,2-3,9-10,15-18H2,1H3,(H,32,36)(H,33,37)/t19?,23-,24+,25+,26?,30?/m1/s1. The smallest absolute Gasteiger partial charge is 0.248 e. The zero-order valence-corrected chi connectivity index (χ0v) is 23.7. The van der Waals surface area contributed by atoms with Crippen molar-refractivity contribution in [1.82, 2.24) is 10.2 Å². The molecule has 0 radical (unpaired) electrons. The van der Waals surface area contributed by atoms with Crippen LogP contribution in [0.3, 0.4) is 0 Å². The average molecular weight is 570 g/mol. The molecule has 1 spiro atoms. The molecule has 3 saturated heterocycles. The van der Waals surface area contributed by atoms with Crippen LogP contribution in [0.4, 0.5) is 5.69 Å². The summed E-state index contributed by atoms with van der Waals surface area (Å²) in [7, 11) is 0. The van der Waals surface area contributed by atoms with Crippen LogP contribution in [0.1, 0.15) is 44.6 Å². The monoisotopic (exact) mass is 569 g/mol. The number of nitrogens with zero attached hydrogens (tertiary/aromatic N) is 1. The second kappa shape index (κ2) is 11.9. The number of likely N-dealkylation sites (tertiary alicyclic amines) is 1. The Hall–Kier alpha value is -2.55. The van der Waals surface area contributed by atoms with E-state index >= 15 is 0 Å². The number of aliphatic hydroxyl groups excluding tert-OH is 1. The number of carbonyl (C=O) groups excluding carboxylic acids is 3. The van der Waals surface area contributed by atoms with Gasteiger partial charge in [0.25, 0.3) is 0 Å². The van der Waals surface area contributed by atoms with Crippen LogP contribution in [0.25, 0.3) is 0 Å². The number of nitrogens with one attached hydrogen (secondary N) is 2. The zero-order valence-electron chi connectivity index (χ0n) is 22.1. The van der Waals surface area contributed by atoms with Crippen molar-refractivity contribution in [2.45, 2.75) is 61.6 Å². The molecule has 2 bridgehead atoms. The first kappa shape index (κ1) is 28.0. The highest BCUT2D eigenvalue weighted by molar-refractivity contribution is 8.02. The molecule has 3 aliphatic rings. The molecule has 3 fully saturated rings. The van der Waals surface area contributed by atoms with Gasteiger partial charge in [0.1, 0.15) is 6.04 Å². The number of aliphatic hydroxyl groups is 1. The Labute approximate surface area is 239 Å². The Balaban J connectivity index is 1.42. The third-order valence-corrected chi connectivity index (χ3v) is 11.0. The summed E-state index contributed by atoms with van der Waals surface area (Å²) in [5.74, 6) is -1.39. The molecule has 3 heterocycles. The van der Waals surface area contributed by atoms with Gasteiger partial charge in [-0.3, -0.25) is 14.4 Å². The fourth-order valence-corrected chi connectivity index (χ4v) is 9.38. The molecule has 39 heavy (non-hydrogen) atoms. The van der Waals surface area contributed by atoms with Gasteiger partial charge in [-0.05, 0) is 42.9 Å². The summed E-state index contributed by atoms with van der Waals surface area (Å²) in [5, 5.41) is 15.6. The molecule has 0 saturated carbocycles. The lowest BCUT2D eigenvalue weighted by atomic mass is 9.66. The lowest BCUT2D eigenvalue weighted by Gasteiger charge is -2.38. The van der Waals surface area contributed by atoms with Gasteiger partial charge in [-0.15, -0.1) is 11.8 Å². The van der Waals surface area contributed by atoms with Gasteiger partial charge in [0.2, 0.25) is 17.7 Å². The number of benzene rings is 2. The summed E-state index contributed by atoms with van der Waals surface area (Å²) in [6, 6.07) is 16.2. The quantitative estimate of drug-likeness (QED) is 0.347. The van der Waals surface area contributed by atoms with Gasteiger partial charge in [0.05, 0.1) is 27.3 Å². The molecule has 3 unspecified atom stereocenters. The minimum absolute atomic E-state index is 0.00737. The third kappa shape index (κ3) is 5.19. The van der Waals surface area contributed by atoms with Crippen molar-refractivity contribution in [2.24, 2.45) is 17.8 Å². The molecule has 3 N–H and O–H groups in total. The van der Waals surface area contributed by atoms with Gasteiger partial charge >= 0.3 is 0 Å². The van der Waals surface area contributed by atoms with E-state index in [1.54, 1.807) is 34.9 Å². The van der Waals surface area contributed by atoms with E-state index in [1.807, 2.05) is 36.4 Å². The second-order valence-corrected chi connectivity index (χ2v) is 12.9. The molecular formula is C30H36ClN3O4S. The van der Waals surface area contributed by atoms with Crippen molar-refractivity contribution in [2.75, 3.05) is 18.5 Å². The third-order valence-electron chi connectivity index (χ3n) is 8.55. The number of hydrogen-bond acceptors (Lipinski definition) is 5. The van der Waals surface area contributed by atoms with E-state index in [0.717, 1.165) is 37.7 Å². The normalized spacial score (nSPS) is 28.9. The predicted molar refractivity (Wildman–Crippen MR) is 154 cm³/mol. The molecule has 3 aliphatic heterocycles. The Bertz CT molecular complexity index is 1210. The first-order chi connectivity index (χ1) is 18.9. The maximum absolute atomic E-state index is 14.1. The van der Waals surface area contributed by atoms with Gasteiger partial charge in [-0.2, -0.15) is 0 Å². The van der Waals surface area contributed by atoms with Crippen molar-refractivity contribution in [3.05, 3.63) is 65.2 Å². The van der Waals surface area contributed by atoms with Crippen molar-refractivity contribution in [3.63, 3.8) is 0 Å². The number of thioether (sulfide) groups is 1. The number of anilines is 1. The minimum atomic E-state index is -0.693. The van der Waals surface area contributed by atoms with Crippen LogP contribution in [-0.4, -0.2) is 56.9 Å². The Kier molecular flexibility index (Phi) is 8.55. The molecule has 2 aromatic rings. The summed E-state index contributed by atoms with van der Waals surface area (Å²) >= 11 is 8.04. The summed E-state index contributed by atoms with van der Waals surface area (Å²) in [6.07, 6.45) is 3.96. The minimum Gasteiger partial charge on any atom is -0.396 e. The summed E-state index contributed by atoms with van der Waals surface area (Å²) < 4.78 is -0.674. The van der Waals surface area contributed by atoms with Crippen molar-refractivity contribution >= 4 is 46.8 Å². The fraction of sp³-hybridized carbons (Fsp3) is 0.500. The lowest BCUT2D eigenvalue weighted by molar-refractivity contribution is -0.139. The van der Waals surface area contributed by atoms with Crippen LogP contribution < -0.4 is 10.6 Å². The number of hydrogen-bond donors (Lipinski definition) is 3. The van der Waals surface area contributed by atoms with Crippen molar-refractivity contribution < 1.29 is 19.5 Å². The SMILES string of the molecule is CC1C[C@H]2SC13C(C(=O)Nc1ccccc1Cl)N(CCCCCCO)C(=O)[C@@H]3[C@H]2C(=O)NCc1ccccc1. The Morgan fingerprint density at radius 3 is 2.51 bits per heavy atom. The van der Waals surface area contributed by atoms with Gasteiger partial charge in [-0.1, -0.05) is 73.8 Å². The van der Waals surface area contributed by atoms with Crippen LogP contribution in [0.5, 0.6) is 0 Å². The Morgan fingerprint density at radius 2 is 1.77 bits per heavy atom. The molecule has 208 valence electrons. The highest BCUT2D eigenvalue weighted by atomic mass is 35.5. The van der Waals surface area contributed by atoms with E-state index in [9.17, 15) is 14.4 Å². The van der Waals surface area contributed by atoms with Crippen LogP contribution in [0, 0.1) is 17.8 Å². The molecular weight excluding hydrogens is 534 g/mol. The van der Waals surface area contributed by atoms with E-state index in [4.69, 9.17) is 16.7 Å². The predicted octanol–water partition coefficient (Wildman–Crippen LogP) is 4.48. The zero-order chi connectivity index (χ0) is 27.6. The summed E-state index contributed by atoms with van der Waals surface area (Å²) in [5.41, 5.74) is 1.52. The van der Waals surface area contributed by atoms with E-state index in [1.165, 1.54) is 0 Å². The van der Waals surface area contributed by atoms with Crippen molar-refractivity contribution in [1.29, 1.82) is 0 Å². The number of amides is 3. The number of unbranched alkanes of at least 4 members (excludes halogenated alkanes) is 3. The second-order valence-electron chi connectivity index (χ2n) is 10.9. The average Bonchev–Trinajstić information content (AvgIpc) is 3.52. The van der Waals surface area contributed by atoms with Gasteiger partial charge < -0.3 is 20.6 Å². The maximum Gasteiger partial charge on any atom is 0.248 e. The van der Waals surface area contributed by atoms with Gasteiger partial charge in [0, 0.05) is 24.9 Å². The van der Waals surface area contributed by atoms with Gasteiger partial charge in [0.15, 0.2) is 0 Å². The highest BCUT2D eigenvalue weighted by Crippen LogP contribution is 2.68. The fourth-order valence-electron chi connectivity index (χ4n) is 6.77. The molecule has 7 nitrogen and oxygen atoms in total. The maximum atomic E-state index is 14.1. The van der Waals surface area contributed by atoms with E-state index < -0.39 is 22.6 Å². The van der Waals surface area contributed by atoms with E-state index in [0.29, 0.717) is 23.8 Å². The summed E-state index contributed by atoms with van der Waals surface area (Å²) in [4.78, 5) is 43.5. The highest BCUT2D eigenvalue weighted by Gasteiger charge is 2.75. The molecule has 0 aliphatic carbocycles. The lowest BCUT2D eigenvalue weighted by Crippen LogP contribution is -2.55.